The molecule has 0 saturated heterocycles. The van der Waals surface area contributed by atoms with Crippen LogP contribution in [0.5, 0.6) is 0 Å². The van der Waals surface area contributed by atoms with E-state index in [2.05, 4.69) is 255 Å². The third kappa shape index (κ3) is 6.32. The van der Waals surface area contributed by atoms with Crippen LogP contribution in [-0.2, 0) is 5.41 Å². The van der Waals surface area contributed by atoms with E-state index in [0.717, 1.165) is 50.1 Å². The normalized spacial score (nSPS) is 12.8. The summed E-state index contributed by atoms with van der Waals surface area (Å²) in [6.45, 7) is 4.70. The van der Waals surface area contributed by atoms with Crippen molar-refractivity contribution in [2.24, 2.45) is 0 Å². The molecule has 13 aromatic rings. The van der Waals surface area contributed by atoms with Gasteiger partial charge in [-0.2, -0.15) is 0 Å². The number of benzene rings is 11. The van der Waals surface area contributed by atoms with Crippen molar-refractivity contribution in [1.82, 2.24) is 0 Å². The Balaban J connectivity index is 0.961. The van der Waals surface area contributed by atoms with Crippen LogP contribution in [-0.4, -0.2) is 0 Å². The SMILES string of the molecule is CC1(C)c2ccccc2-c2ccc(-c3ccc(-c4ccc5c(oc6ccc7ccccc7c65)c4N(c4ccc(-c5ccccc5)cc4)c4ccc(-c5cccc6c5sc5ccccc56)cc4)cc3)cc21. The smallest absolute Gasteiger partial charge is 0.160 e. The predicted octanol–water partition coefficient (Wildman–Crippen LogP) is 19.6. The van der Waals surface area contributed by atoms with Crippen molar-refractivity contribution in [3.63, 3.8) is 0 Å². The molecule has 3 heteroatoms. The molecule has 330 valence electrons. The lowest BCUT2D eigenvalue weighted by Crippen LogP contribution is -2.14. The monoisotopic (exact) mass is 911 g/mol. The van der Waals surface area contributed by atoms with Crippen molar-refractivity contribution < 1.29 is 4.42 Å². The fraction of sp³-hybridized carbons (Fsp3) is 0.0448. The molecule has 2 aromatic heterocycles. The summed E-state index contributed by atoms with van der Waals surface area (Å²) in [4.78, 5) is 2.41. The second kappa shape index (κ2) is 15.8. The van der Waals surface area contributed by atoms with Crippen LogP contribution in [0.2, 0.25) is 0 Å². The Morgan fingerprint density at radius 2 is 0.957 bits per heavy atom. The molecular formula is C67H45NOS. The Morgan fingerprint density at radius 3 is 1.77 bits per heavy atom. The van der Waals surface area contributed by atoms with Crippen molar-refractivity contribution in [3.8, 4) is 55.6 Å². The lowest BCUT2D eigenvalue weighted by molar-refractivity contribution is 0.660. The summed E-state index contributed by atoms with van der Waals surface area (Å²) >= 11 is 1.87. The fourth-order valence-electron chi connectivity index (χ4n) is 11.4. The van der Waals surface area contributed by atoms with Crippen molar-refractivity contribution in [2.75, 3.05) is 4.90 Å². The average Bonchev–Trinajstić information content (AvgIpc) is 4.07. The van der Waals surface area contributed by atoms with Gasteiger partial charge in [-0.15, -0.1) is 11.3 Å². The zero-order valence-corrected chi connectivity index (χ0v) is 39.6. The molecule has 0 N–H and O–H groups in total. The van der Waals surface area contributed by atoms with Gasteiger partial charge in [0.25, 0.3) is 0 Å². The number of thiophene rings is 1. The lowest BCUT2D eigenvalue weighted by Gasteiger charge is -2.28. The highest BCUT2D eigenvalue weighted by atomic mass is 32.1. The first-order chi connectivity index (χ1) is 34.5. The molecule has 1 aliphatic carbocycles. The molecule has 0 amide bonds. The van der Waals surface area contributed by atoms with Crippen LogP contribution in [0.3, 0.4) is 0 Å². The fourth-order valence-corrected chi connectivity index (χ4v) is 12.6. The highest BCUT2D eigenvalue weighted by Gasteiger charge is 2.35. The van der Waals surface area contributed by atoms with E-state index in [4.69, 9.17) is 4.42 Å². The highest BCUT2D eigenvalue weighted by molar-refractivity contribution is 7.26. The van der Waals surface area contributed by atoms with Gasteiger partial charge in [-0.3, -0.25) is 0 Å². The van der Waals surface area contributed by atoms with Crippen molar-refractivity contribution >= 4 is 81.3 Å². The quantitative estimate of drug-likeness (QED) is 0.158. The molecule has 0 radical (unpaired) electrons. The summed E-state index contributed by atoms with van der Waals surface area (Å²) in [7, 11) is 0. The Labute approximate surface area is 411 Å². The molecule has 0 unspecified atom stereocenters. The first kappa shape index (κ1) is 40.6. The molecular weight excluding hydrogens is 867 g/mol. The number of anilines is 3. The van der Waals surface area contributed by atoms with Crippen LogP contribution in [0, 0.1) is 0 Å². The molecule has 2 nitrogen and oxygen atoms in total. The first-order valence-electron chi connectivity index (χ1n) is 24.1. The topological polar surface area (TPSA) is 16.4 Å². The first-order valence-corrected chi connectivity index (χ1v) is 25.0. The highest BCUT2D eigenvalue weighted by Crippen LogP contribution is 2.52. The van der Waals surface area contributed by atoms with E-state index in [-0.39, 0.29) is 5.41 Å². The maximum absolute atomic E-state index is 7.18. The Kier molecular flexibility index (Phi) is 9.14. The Hall–Kier alpha value is -8.50. The number of fused-ring (bicyclic) bond motifs is 11. The van der Waals surface area contributed by atoms with Gasteiger partial charge in [0.15, 0.2) is 5.58 Å². The maximum Gasteiger partial charge on any atom is 0.160 e. The van der Waals surface area contributed by atoms with E-state index < -0.39 is 0 Å². The molecule has 0 fully saturated rings. The maximum atomic E-state index is 7.18. The molecule has 0 aliphatic heterocycles. The predicted molar refractivity (Wildman–Crippen MR) is 298 cm³/mol. The van der Waals surface area contributed by atoms with Crippen LogP contribution in [0.1, 0.15) is 25.0 Å². The summed E-state index contributed by atoms with van der Waals surface area (Å²) in [6.07, 6.45) is 0. The van der Waals surface area contributed by atoms with E-state index in [1.165, 1.54) is 86.6 Å². The van der Waals surface area contributed by atoms with E-state index in [1.54, 1.807) is 0 Å². The summed E-state index contributed by atoms with van der Waals surface area (Å²) in [6, 6.07) is 86.7. The molecule has 0 spiro atoms. The molecule has 1 aliphatic rings. The van der Waals surface area contributed by atoms with Gasteiger partial charge in [0, 0.05) is 53.3 Å². The summed E-state index contributed by atoms with van der Waals surface area (Å²) in [5.74, 6) is 0. The lowest BCUT2D eigenvalue weighted by atomic mass is 9.81. The number of hydrogen-bond donors (Lipinski definition) is 0. The number of rotatable bonds is 7. The van der Waals surface area contributed by atoms with Gasteiger partial charge in [0.2, 0.25) is 0 Å². The van der Waals surface area contributed by atoms with Gasteiger partial charge in [-0.1, -0.05) is 202 Å². The second-order valence-corrected chi connectivity index (χ2v) is 20.2. The van der Waals surface area contributed by atoms with Crippen LogP contribution < -0.4 is 4.90 Å². The van der Waals surface area contributed by atoms with Crippen LogP contribution in [0.4, 0.5) is 17.1 Å². The molecule has 0 atom stereocenters. The third-order valence-electron chi connectivity index (χ3n) is 14.9. The average molecular weight is 912 g/mol. The van der Waals surface area contributed by atoms with Gasteiger partial charge in [-0.25, -0.2) is 0 Å². The minimum atomic E-state index is -0.0724. The largest absolute Gasteiger partial charge is 0.454 e. The van der Waals surface area contributed by atoms with E-state index in [9.17, 15) is 0 Å². The standard InChI is InChI=1S/C67H45NOS/c1-67(2)59-21-10-8-17-54(59)55-37-31-48(41-60(55)67)44-23-25-46(26-24-44)52-38-39-58-63-51-16-7-6-15-45(51)32-40-61(63)69-65(58)64(52)68(49-33-27-43(28-34-49)42-13-4-3-5-14-42)50-35-29-47(30-36-50)53-19-12-20-57-56-18-9-11-22-62(56)70-66(53)57/h3-41H,1-2H3. The van der Waals surface area contributed by atoms with Crippen molar-refractivity contribution in [1.29, 1.82) is 0 Å². The minimum absolute atomic E-state index is 0.0724. The van der Waals surface area contributed by atoms with Crippen molar-refractivity contribution in [3.05, 3.63) is 248 Å². The van der Waals surface area contributed by atoms with Crippen LogP contribution >= 0.6 is 11.3 Å². The number of nitrogens with zero attached hydrogens (tertiary/aromatic N) is 1. The van der Waals surface area contributed by atoms with Gasteiger partial charge >= 0.3 is 0 Å². The second-order valence-electron chi connectivity index (χ2n) is 19.2. The third-order valence-corrected chi connectivity index (χ3v) is 16.1. The van der Waals surface area contributed by atoms with E-state index >= 15 is 0 Å². The molecule has 2 heterocycles. The van der Waals surface area contributed by atoms with Crippen LogP contribution in [0.15, 0.2) is 241 Å². The van der Waals surface area contributed by atoms with Crippen LogP contribution in [0.25, 0.3) is 109 Å². The summed E-state index contributed by atoms with van der Waals surface area (Å²) in [5.41, 5.74) is 19.5. The molecule has 0 bridgehead atoms. The minimum Gasteiger partial charge on any atom is -0.454 e. The molecule has 14 rings (SSSR count). The Bertz CT molecular complexity index is 4180. The Morgan fingerprint density at radius 1 is 0.386 bits per heavy atom. The van der Waals surface area contributed by atoms with Crippen molar-refractivity contribution in [2.45, 2.75) is 19.3 Å². The van der Waals surface area contributed by atoms with Gasteiger partial charge in [-0.05, 0) is 121 Å². The zero-order valence-electron chi connectivity index (χ0n) is 38.8. The molecule has 70 heavy (non-hydrogen) atoms. The van der Waals surface area contributed by atoms with Gasteiger partial charge < -0.3 is 9.32 Å². The summed E-state index contributed by atoms with van der Waals surface area (Å²) < 4.78 is 9.80. The van der Waals surface area contributed by atoms with Gasteiger partial charge in [0.05, 0.1) is 5.69 Å². The van der Waals surface area contributed by atoms with E-state index in [1.807, 2.05) is 11.3 Å². The number of hydrogen-bond acceptors (Lipinski definition) is 3. The summed E-state index contributed by atoms with van der Waals surface area (Å²) in [5, 5.41) is 7.19. The number of furan rings is 1. The van der Waals surface area contributed by atoms with E-state index in [0.29, 0.717) is 0 Å². The van der Waals surface area contributed by atoms with Gasteiger partial charge in [0.1, 0.15) is 5.58 Å². The molecule has 11 aromatic carbocycles. The zero-order chi connectivity index (χ0) is 46.5. The molecule has 0 saturated carbocycles.